The van der Waals surface area contributed by atoms with Crippen molar-refractivity contribution in [3.05, 3.63) is 29.8 Å². The highest BCUT2D eigenvalue weighted by atomic mass is 16.5. The molecule has 6 heteroatoms. The van der Waals surface area contributed by atoms with Crippen molar-refractivity contribution >= 4 is 17.6 Å². The van der Waals surface area contributed by atoms with E-state index in [1.165, 1.54) is 12.5 Å². The first-order valence-electron chi connectivity index (χ1n) is 7.53. The van der Waals surface area contributed by atoms with Gasteiger partial charge in [0.25, 0.3) is 0 Å². The summed E-state index contributed by atoms with van der Waals surface area (Å²) in [5.41, 5.74) is 2.02. The van der Waals surface area contributed by atoms with Crippen LogP contribution in [0.1, 0.15) is 19.4 Å². The molecule has 22 heavy (non-hydrogen) atoms. The van der Waals surface area contributed by atoms with E-state index in [1.807, 2.05) is 31.2 Å². The molecule has 0 heterocycles. The number of guanidine groups is 1. The Hall–Kier alpha value is -2.08. The van der Waals surface area contributed by atoms with Gasteiger partial charge in [0.15, 0.2) is 5.96 Å². The molecular formula is C16H26N4O2. The predicted molar refractivity (Wildman–Crippen MR) is 90.3 cm³/mol. The third kappa shape index (κ3) is 7.64. The highest BCUT2D eigenvalue weighted by Crippen LogP contribution is 2.09. The smallest absolute Gasteiger partial charge is 0.221 e. The summed E-state index contributed by atoms with van der Waals surface area (Å²) in [6, 6.07) is 7.85. The lowest BCUT2D eigenvalue weighted by atomic mass is 10.1. The van der Waals surface area contributed by atoms with Crippen LogP contribution in [-0.2, 0) is 16.0 Å². The molecule has 0 saturated heterocycles. The van der Waals surface area contributed by atoms with Crippen molar-refractivity contribution in [3.8, 4) is 0 Å². The summed E-state index contributed by atoms with van der Waals surface area (Å²) < 4.78 is 4.99. The molecule has 0 radical (unpaired) electrons. The van der Waals surface area contributed by atoms with Crippen LogP contribution < -0.4 is 16.0 Å². The van der Waals surface area contributed by atoms with Crippen molar-refractivity contribution in [2.75, 3.05) is 38.7 Å². The van der Waals surface area contributed by atoms with E-state index in [0.29, 0.717) is 13.2 Å². The lowest BCUT2D eigenvalue weighted by molar-refractivity contribution is -0.114. The van der Waals surface area contributed by atoms with E-state index in [1.54, 1.807) is 7.11 Å². The molecule has 0 fully saturated rings. The summed E-state index contributed by atoms with van der Waals surface area (Å²) in [4.78, 5) is 15.4. The standard InChI is InChI=1S/C16H26N4O2/c1-4-17-16(19-11-12-22-3)18-10-9-14-5-7-15(8-6-14)20-13(2)21/h5-8H,4,9-12H2,1-3H3,(H,20,21)(H2,17,18,19). The van der Waals surface area contributed by atoms with Gasteiger partial charge in [-0.3, -0.25) is 9.79 Å². The van der Waals surface area contributed by atoms with E-state index in [2.05, 4.69) is 20.9 Å². The Kier molecular flexibility index (Phi) is 8.67. The molecule has 1 aromatic rings. The molecular weight excluding hydrogens is 280 g/mol. The molecule has 0 spiro atoms. The number of nitrogens with zero attached hydrogens (tertiary/aromatic N) is 1. The lowest BCUT2D eigenvalue weighted by Gasteiger charge is -2.11. The second kappa shape index (κ2) is 10.6. The van der Waals surface area contributed by atoms with Crippen molar-refractivity contribution in [1.29, 1.82) is 0 Å². The van der Waals surface area contributed by atoms with Gasteiger partial charge in [0, 0.05) is 32.8 Å². The van der Waals surface area contributed by atoms with Crippen LogP contribution in [0, 0.1) is 0 Å². The fourth-order valence-corrected chi connectivity index (χ4v) is 1.87. The van der Waals surface area contributed by atoms with Gasteiger partial charge in [-0.15, -0.1) is 0 Å². The average Bonchev–Trinajstić information content (AvgIpc) is 2.49. The molecule has 0 unspecified atom stereocenters. The third-order valence-electron chi connectivity index (χ3n) is 2.89. The molecule has 0 aromatic heterocycles. The minimum atomic E-state index is -0.0584. The van der Waals surface area contributed by atoms with Gasteiger partial charge >= 0.3 is 0 Å². The number of benzene rings is 1. The van der Waals surface area contributed by atoms with Crippen LogP contribution in [0.3, 0.4) is 0 Å². The van der Waals surface area contributed by atoms with Gasteiger partial charge in [0.05, 0.1) is 13.2 Å². The fourth-order valence-electron chi connectivity index (χ4n) is 1.87. The Balaban J connectivity index is 2.40. The zero-order chi connectivity index (χ0) is 16.2. The molecule has 3 N–H and O–H groups in total. The quantitative estimate of drug-likeness (QED) is 0.385. The van der Waals surface area contributed by atoms with Crippen LogP contribution in [0.25, 0.3) is 0 Å². The van der Waals surface area contributed by atoms with Crippen LogP contribution in [0.4, 0.5) is 5.69 Å². The number of anilines is 1. The average molecular weight is 306 g/mol. The SMILES string of the molecule is CCNC(=NCCOC)NCCc1ccc(NC(C)=O)cc1. The summed E-state index contributed by atoms with van der Waals surface area (Å²) in [5, 5.41) is 9.24. The summed E-state index contributed by atoms with van der Waals surface area (Å²) in [6.45, 7) is 6.40. The molecule has 0 bridgehead atoms. The van der Waals surface area contributed by atoms with Gasteiger partial charge in [0.1, 0.15) is 0 Å². The molecule has 0 aliphatic heterocycles. The lowest BCUT2D eigenvalue weighted by Crippen LogP contribution is -2.38. The van der Waals surface area contributed by atoms with E-state index < -0.39 is 0 Å². The van der Waals surface area contributed by atoms with Gasteiger partial charge in [0.2, 0.25) is 5.91 Å². The topological polar surface area (TPSA) is 74.8 Å². The number of hydrogen-bond acceptors (Lipinski definition) is 3. The molecule has 6 nitrogen and oxygen atoms in total. The highest BCUT2D eigenvalue weighted by molar-refractivity contribution is 5.88. The Labute approximate surface area is 132 Å². The molecule has 0 aliphatic rings. The zero-order valence-electron chi connectivity index (χ0n) is 13.6. The Morgan fingerprint density at radius 1 is 1.23 bits per heavy atom. The van der Waals surface area contributed by atoms with Crippen LogP contribution in [0.15, 0.2) is 29.3 Å². The Morgan fingerprint density at radius 3 is 2.55 bits per heavy atom. The molecule has 122 valence electrons. The number of amides is 1. The zero-order valence-corrected chi connectivity index (χ0v) is 13.6. The summed E-state index contributed by atoms with van der Waals surface area (Å²) >= 11 is 0. The molecule has 0 atom stereocenters. The van der Waals surface area contributed by atoms with Crippen molar-refractivity contribution < 1.29 is 9.53 Å². The highest BCUT2D eigenvalue weighted by Gasteiger charge is 1.99. The number of carbonyl (C=O) groups excluding carboxylic acids is 1. The van der Waals surface area contributed by atoms with Crippen molar-refractivity contribution in [3.63, 3.8) is 0 Å². The van der Waals surface area contributed by atoms with Gasteiger partial charge in [-0.1, -0.05) is 12.1 Å². The predicted octanol–water partition coefficient (Wildman–Crippen LogP) is 1.39. The minimum absolute atomic E-state index is 0.0584. The first kappa shape index (κ1) is 18.0. The normalized spacial score (nSPS) is 11.1. The van der Waals surface area contributed by atoms with Crippen molar-refractivity contribution in [2.45, 2.75) is 20.3 Å². The van der Waals surface area contributed by atoms with E-state index in [9.17, 15) is 4.79 Å². The van der Waals surface area contributed by atoms with Gasteiger partial charge in [-0.05, 0) is 31.0 Å². The molecule has 1 aromatic carbocycles. The van der Waals surface area contributed by atoms with Crippen LogP contribution >= 0.6 is 0 Å². The molecule has 1 amide bonds. The Bertz CT molecular complexity index is 472. The van der Waals surface area contributed by atoms with E-state index in [-0.39, 0.29) is 5.91 Å². The first-order valence-corrected chi connectivity index (χ1v) is 7.53. The number of ether oxygens (including phenoxy) is 1. The maximum atomic E-state index is 11.0. The maximum absolute atomic E-state index is 11.0. The van der Waals surface area contributed by atoms with Gasteiger partial charge in [-0.25, -0.2) is 0 Å². The number of rotatable bonds is 8. The van der Waals surface area contributed by atoms with Crippen LogP contribution in [0.5, 0.6) is 0 Å². The first-order chi connectivity index (χ1) is 10.7. The molecule has 0 aliphatic carbocycles. The molecule has 1 rings (SSSR count). The van der Waals surface area contributed by atoms with E-state index >= 15 is 0 Å². The second-order valence-corrected chi connectivity index (χ2v) is 4.81. The van der Waals surface area contributed by atoms with Crippen molar-refractivity contribution in [1.82, 2.24) is 10.6 Å². The van der Waals surface area contributed by atoms with Gasteiger partial charge in [-0.2, -0.15) is 0 Å². The minimum Gasteiger partial charge on any atom is -0.383 e. The monoisotopic (exact) mass is 306 g/mol. The molecule has 0 saturated carbocycles. The Morgan fingerprint density at radius 2 is 1.95 bits per heavy atom. The van der Waals surface area contributed by atoms with E-state index in [0.717, 1.165) is 31.2 Å². The second-order valence-electron chi connectivity index (χ2n) is 4.81. The van der Waals surface area contributed by atoms with Crippen LogP contribution in [0.2, 0.25) is 0 Å². The summed E-state index contributed by atoms with van der Waals surface area (Å²) in [7, 11) is 1.67. The van der Waals surface area contributed by atoms with Gasteiger partial charge < -0.3 is 20.7 Å². The number of nitrogens with one attached hydrogen (secondary N) is 3. The number of hydrogen-bond donors (Lipinski definition) is 3. The van der Waals surface area contributed by atoms with E-state index in [4.69, 9.17) is 4.74 Å². The maximum Gasteiger partial charge on any atom is 0.221 e. The summed E-state index contributed by atoms with van der Waals surface area (Å²) in [6.07, 6.45) is 0.884. The largest absolute Gasteiger partial charge is 0.383 e. The fraction of sp³-hybridized carbons (Fsp3) is 0.500. The van der Waals surface area contributed by atoms with Crippen molar-refractivity contribution in [2.24, 2.45) is 4.99 Å². The number of methoxy groups -OCH3 is 1. The van der Waals surface area contributed by atoms with Crippen LogP contribution in [-0.4, -0.2) is 45.2 Å². The third-order valence-corrected chi connectivity index (χ3v) is 2.89. The number of aliphatic imine (C=N–C) groups is 1. The number of carbonyl (C=O) groups is 1. The summed E-state index contributed by atoms with van der Waals surface area (Å²) in [5.74, 6) is 0.742.